The summed E-state index contributed by atoms with van der Waals surface area (Å²) in [6, 6.07) is 8.66. The quantitative estimate of drug-likeness (QED) is 0.762. The molecule has 16 heavy (non-hydrogen) atoms. The number of unbranched alkanes of at least 4 members (excludes halogenated alkanes) is 1. The number of sulfone groups is 1. The van der Waals surface area contributed by atoms with Gasteiger partial charge in [-0.15, -0.1) is 0 Å². The number of nitrogens with zero attached hydrogens (tertiary/aromatic N) is 1. The lowest BCUT2D eigenvalue weighted by Crippen LogP contribution is -2.09. The van der Waals surface area contributed by atoms with Crippen LogP contribution in [0, 0.1) is 11.3 Å². The zero-order chi connectivity index (χ0) is 12.0. The lowest BCUT2D eigenvalue weighted by atomic mass is 10.2. The number of rotatable bonds is 5. The molecule has 86 valence electrons. The third-order valence-corrected chi connectivity index (χ3v) is 3.98. The summed E-state index contributed by atoms with van der Waals surface area (Å²) in [6.45, 7) is 0. The normalized spacial score (nSPS) is 11.0. The number of nitriles is 1. The Bertz CT molecular complexity index is 474. The summed E-state index contributed by atoms with van der Waals surface area (Å²) in [5, 5.41) is 8.91. The van der Waals surface area contributed by atoms with Gasteiger partial charge in [-0.2, -0.15) is 5.26 Å². The highest BCUT2D eigenvalue weighted by molar-refractivity contribution is 7.90. The lowest BCUT2D eigenvalue weighted by molar-refractivity contribution is 0.593. The van der Waals surface area contributed by atoms with Crippen LogP contribution in [0.2, 0.25) is 5.02 Å². The zero-order valence-corrected chi connectivity index (χ0v) is 10.3. The molecule has 0 aliphatic carbocycles. The smallest absolute Gasteiger partial charge is 0.154 e. The Kier molecular flexibility index (Phi) is 4.78. The van der Waals surface area contributed by atoms with Crippen molar-refractivity contribution in [2.45, 2.75) is 18.6 Å². The van der Waals surface area contributed by atoms with Crippen LogP contribution < -0.4 is 0 Å². The molecular weight excluding hydrogens is 246 g/mol. The van der Waals surface area contributed by atoms with E-state index >= 15 is 0 Å². The summed E-state index contributed by atoms with van der Waals surface area (Å²) in [7, 11) is -3.11. The molecule has 0 amide bonds. The Balaban J connectivity index is 2.59. The molecule has 0 unspecified atom stereocenters. The maximum atomic E-state index is 11.6. The second kappa shape index (κ2) is 5.88. The van der Waals surface area contributed by atoms with Crippen LogP contribution in [0.5, 0.6) is 0 Å². The van der Waals surface area contributed by atoms with Crippen molar-refractivity contribution in [2.24, 2.45) is 0 Å². The van der Waals surface area contributed by atoms with Crippen molar-refractivity contribution in [3.63, 3.8) is 0 Å². The van der Waals surface area contributed by atoms with E-state index in [1.54, 1.807) is 24.3 Å². The van der Waals surface area contributed by atoms with Crippen LogP contribution in [0.15, 0.2) is 24.3 Å². The van der Waals surface area contributed by atoms with Gasteiger partial charge in [-0.3, -0.25) is 0 Å². The molecule has 0 aromatic heterocycles. The average Bonchev–Trinajstić information content (AvgIpc) is 2.21. The van der Waals surface area contributed by atoms with Crippen LogP contribution in [-0.4, -0.2) is 14.2 Å². The number of halogens is 1. The van der Waals surface area contributed by atoms with Crippen molar-refractivity contribution in [1.82, 2.24) is 0 Å². The highest BCUT2D eigenvalue weighted by atomic mass is 35.5. The standard InChI is InChI=1S/C11H12ClNO2S/c12-11-5-3-10(4-6-11)9-16(14,15)8-2-1-7-13/h3-6H,1-2,8-9H2. The molecule has 0 heterocycles. The summed E-state index contributed by atoms with van der Waals surface area (Å²) in [6.07, 6.45) is 0.673. The van der Waals surface area contributed by atoms with Crippen molar-refractivity contribution >= 4 is 21.4 Å². The van der Waals surface area contributed by atoms with Gasteiger partial charge in [0.1, 0.15) is 0 Å². The van der Waals surface area contributed by atoms with Gasteiger partial charge in [0.2, 0.25) is 0 Å². The molecule has 3 nitrogen and oxygen atoms in total. The Hall–Kier alpha value is -1.05. The molecule has 0 fully saturated rings. The summed E-state index contributed by atoms with van der Waals surface area (Å²) >= 11 is 5.70. The van der Waals surface area contributed by atoms with Crippen molar-refractivity contribution < 1.29 is 8.42 Å². The summed E-state index contributed by atoms with van der Waals surface area (Å²) in [4.78, 5) is 0. The molecule has 5 heteroatoms. The third-order valence-electron chi connectivity index (χ3n) is 2.04. The van der Waals surface area contributed by atoms with Crippen LogP contribution >= 0.6 is 11.6 Å². The van der Waals surface area contributed by atoms with E-state index in [-0.39, 0.29) is 17.9 Å². The predicted molar refractivity (Wildman–Crippen MR) is 63.8 cm³/mol. The number of hydrogen-bond donors (Lipinski definition) is 0. The van der Waals surface area contributed by atoms with Crippen molar-refractivity contribution in [3.8, 4) is 6.07 Å². The molecule has 0 atom stereocenters. The Morgan fingerprint density at radius 2 is 1.88 bits per heavy atom. The molecule has 1 rings (SSSR count). The van der Waals surface area contributed by atoms with E-state index in [4.69, 9.17) is 16.9 Å². The van der Waals surface area contributed by atoms with E-state index in [1.807, 2.05) is 6.07 Å². The van der Waals surface area contributed by atoms with Crippen molar-refractivity contribution in [3.05, 3.63) is 34.9 Å². The highest BCUT2D eigenvalue weighted by Gasteiger charge is 2.11. The van der Waals surface area contributed by atoms with Crippen LogP contribution in [0.4, 0.5) is 0 Å². The first kappa shape index (κ1) is 13.0. The highest BCUT2D eigenvalue weighted by Crippen LogP contribution is 2.13. The van der Waals surface area contributed by atoms with E-state index in [0.29, 0.717) is 11.4 Å². The monoisotopic (exact) mass is 257 g/mol. The minimum Gasteiger partial charge on any atom is -0.228 e. The van der Waals surface area contributed by atoms with Gasteiger partial charge >= 0.3 is 0 Å². The molecule has 1 aromatic carbocycles. The zero-order valence-electron chi connectivity index (χ0n) is 8.69. The van der Waals surface area contributed by atoms with Crippen molar-refractivity contribution in [1.29, 1.82) is 5.26 Å². The van der Waals surface area contributed by atoms with Crippen LogP contribution in [-0.2, 0) is 15.6 Å². The van der Waals surface area contributed by atoms with Gasteiger partial charge in [-0.1, -0.05) is 23.7 Å². The molecule has 0 aliphatic rings. The maximum Gasteiger partial charge on any atom is 0.154 e. The minimum absolute atomic E-state index is 0.00952. The number of hydrogen-bond acceptors (Lipinski definition) is 3. The Morgan fingerprint density at radius 1 is 1.25 bits per heavy atom. The topological polar surface area (TPSA) is 57.9 Å². The molecular formula is C11H12ClNO2S. The summed E-state index contributed by atoms with van der Waals surface area (Å²) in [5.41, 5.74) is 0.723. The van der Waals surface area contributed by atoms with E-state index in [2.05, 4.69) is 0 Å². The lowest BCUT2D eigenvalue weighted by Gasteiger charge is -2.03. The molecule has 0 aliphatic heterocycles. The molecule has 0 saturated carbocycles. The fraction of sp³-hybridized carbons (Fsp3) is 0.364. The van der Waals surface area contributed by atoms with Gasteiger partial charge in [0.25, 0.3) is 0 Å². The minimum atomic E-state index is -3.11. The first-order valence-corrected chi connectivity index (χ1v) is 7.05. The Labute approximate surface area is 101 Å². The van der Waals surface area contributed by atoms with Gasteiger partial charge < -0.3 is 0 Å². The van der Waals surface area contributed by atoms with Crippen molar-refractivity contribution in [2.75, 3.05) is 5.75 Å². The Morgan fingerprint density at radius 3 is 2.44 bits per heavy atom. The van der Waals surface area contributed by atoms with Crippen LogP contribution in [0.3, 0.4) is 0 Å². The van der Waals surface area contributed by atoms with E-state index < -0.39 is 9.84 Å². The van der Waals surface area contributed by atoms with Gasteiger partial charge in [0.05, 0.1) is 17.6 Å². The molecule has 0 saturated heterocycles. The fourth-order valence-electron chi connectivity index (χ4n) is 1.28. The molecule has 0 spiro atoms. The molecule has 1 aromatic rings. The largest absolute Gasteiger partial charge is 0.228 e. The van der Waals surface area contributed by atoms with Gasteiger partial charge in [-0.25, -0.2) is 8.42 Å². The first-order valence-electron chi connectivity index (χ1n) is 4.85. The maximum absolute atomic E-state index is 11.6. The van der Waals surface area contributed by atoms with E-state index in [0.717, 1.165) is 5.56 Å². The summed E-state index contributed by atoms with van der Waals surface area (Å²) in [5.74, 6) is 0.0682. The van der Waals surface area contributed by atoms with Gasteiger partial charge in [-0.05, 0) is 24.1 Å². The molecule has 0 radical (unpaired) electrons. The van der Waals surface area contributed by atoms with Gasteiger partial charge in [0.15, 0.2) is 9.84 Å². The predicted octanol–water partition coefficient (Wildman–Crippen LogP) is 2.56. The van der Waals surface area contributed by atoms with Crippen LogP contribution in [0.1, 0.15) is 18.4 Å². The van der Waals surface area contributed by atoms with E-state index in [9.17, 15) is 8.42 Å². The first-order chi connectivity index (χ1) is 7.53. The third kappa shape index (κ3) is 4.65. The fourth-order valence-corrected chi connectivity index (χ4v) is 2.83. The SMILES string of the molecule is N#CCCCS(=O)(=O)Cc1ccc(Cl)cc1. The van der Waals surface area contributed by atoms with Crippen LogP contribution in [0.25, 0.3) is 0 Å². The average molecular weight is 258 g/mol. The van der Waals surface area contributed by atoms with Gasteiger partial charge in [0, 0.05) is 11.4 Å². The molecule has 0 N–H and O–H groups in total. The van der Waals surface area contributed by atoms with E-state index in [1.165, 1.54) is 0 Å². The second-order valence-corrected chi connectivity index (χ2v) is 6.10. The molecule has 0 bridgehead atoms. The number of benzene rings is 1. The summed E-state index contributed by atoms with van der Waals surface area (Å²) < 4.78 is 23.2. The second-order valence-electron chi connectivity index (χ2n) is 3.48.